The lowest BCUT2D eigenvalue weighted by atomic mass is 10.2. The fourth-order valence-corrected chi connectivity index (χ4v) is 1.57. The predicted molar refractivity (Wildman–Crippen MR) is 77.4 cm³/mol. The van der Waals surface area contributed by atoms with Crippen LogP contribution in [0.1, 0.15) is 20.3 Å². The average molecular weight is 251 g/mol. The van der Waals surface area contributed by atoms with E-state index in [0.29, 0.717) is 6.54 Å². The lowest BCUT2D eigenvalue weighted by molar-refractivity contribution is 0.244. The predicted octanol–water partition coefficient (Wildman–Crippen LogP) is 2.06. The second-order valence-electron chi connectivity index (χ2n) is 4.11. The van der Waals surface area contributed by atoms with Gasteiger partial charge in [-0.1, -0.05) is 37.8 Å². The van der Waals surface area contributed by atoms with Crippen LogP contribution in [0.3, 0.4) is 0 Å². The third kappa shape index (κ3) is 9.66. The molecule has 0 saturated heterocycles. The van der Waals surface area contributed by atoms with E-state index in [4.69, 9.17) is 5.73 Å². The Kier molecular flexibility index (Phi) is 9.68. The SMILES string of the molecule is C=C(/C=C\C=C/C)CN(CCC)CCNC(N)=O. The largest absolute Gasteiger partial charge is 0.352 e. The van der Waals surface area contributed by atoms with Gasteiger partial charge in [0.15, 0.2) is 0 Å². The number of nitrogens with one attached hydrogen (secondary N) is 1. The molecule has 0 aliphatic carbocycles. The van der Waals surface area contributed by atoms with Crippen molar-refractivity contribution in [3.63, 3.8) is 0 Å². The first-order valence-electron chi connectivity index (χ1n) is 6.33. The Labute approximate surface area is 110 Å². The van der Waals surface area contributed by atoms with Crippen LogP contribution in [0.15, 0.2) is 36.5 Å². The Morgan fingerprint density at radius 1 is 1.39 bits per heavy atom. The molecule has 0 aromatic heterocycles. The smallest absolute Gasteiger partial charge is 0.312 e. The molecule has 0 atom stereocenters. The number of amides is 2. The van der Waals surface area contributed by atoms with Crippen LogP contribution < -0.4 is 11.1 Å². The topological polar surface area (TPSA) is 58.4 Å². The summed E-state index contributed by atoms with van der Waals surface area (Å²) in [5, 5.41) is 2.60. The zero-order valence-corrected chi connectivity index (χ0v) is 11.5. The number of nitrogens with zero attached hydrogens (tertiary/aromatic N) is 1. The van der Waals surface area contributed by atoms with Gasteiger partial charge in [0.2, 0.25) is 0 Å². The van der Waals surface area contributed by atoms with Gasteiger partial charge < -0.3 is 11.1 Å². The van der Waals surface area contributed by atoms with Gasteiger partial charge in [0, 0.05) is 19.6 Å². The second kappa shape index (κ2) is 10.6. The fraction of sp³-hybridized carbons (Fsp3) is 0.500. The molecule has 102 valence electrons. The van der Waals surface area contributed by atoms with E-state index in [1.165, 1.54) is 0 Å². The van der Waals surface area contributed by atoms with Gasteiger partial charge in [-0.3, -0.25) is 4.90 Å². The van der Waals surface area contributed by atoms with Crippen LogP contribution in [0.2, 0.25) is 0 Å². The molecule has 18 heavy (non-hydrogen) atoms. The number of carbonyl (C=O) groups excluding carboxylic acids is 1. The van der Waals surface area contributed by atoms with Crippen LogP contribution in [0, 0.1) is 0 Å². The van der Waals surface area contributed by atoms with Gasteiger partial charge in [-0.2, -0.15) is 0 Å². The van der Waals surface area contributed by atoms with Crippen molar-refractivity contribution >= 4 is 6.03 Å². The molecule has 0 rings (SSSR count). The fourth-order valence-electron chi connectivity index (χ4n) is 1.57. The minimum absolute atomic E-state index is 0.474. The second-order valence-corrected chi connectivity index (χ2v) is 4.11. The minimum Gasteiger partial charge on any atom is -0.352 e. The van der Waals surface area contributed by atoms with Gasteiger partial charge in [0.25, 0.3) is 0 Å². The first-order chi connectivity index (χ1) is 8.60. The standard InChI is InChI=1S/C14H25N3O/c1-4-6-7-8-13(3)12-17(10-5-2)11-9-16-14(15)18/h4,6-8H,3,5,9-12H2,1-2H3,(H3,15,16,18)/b6-4-,8-7-. The maximum atomic E-state index is 10.6. The van der Waals surface area contributed by atoms with Crippen LogP contribution in [0.4, 0.5) is 4.79 Å². The molecule has 0 unspecified atom stereocenters. The molecule has 0 aliphatic rings. The van der Waals surface area contributed by atoms with Gasteiger partial charge >= 0.3 is 6.03 Å². The highest BCUT2D eigenvalue weighted by molar-refractivity contribution is 5.71. The van der Waals surface area contributed by atoms with E-state index in [1.807, 2.05) is 31.2 Å². The molecular weight excluding hydrogens is 226 g/mol. The molecule has 4 heteroatoms. The summed E-state index contributed by atoms with van der Waals surface area (Å²) in [4.78, 5) is 12.8. The van der Waals surface area contributed by atoms with Crippen molar-refractivity contribution in [2.45, 2.75) is 20.3 Å². The normalized spacial score (nSPS) is 11.5. The van der Waals surface area contributed by atoms with Gasteiger partial charge in [0.05, 0.1) is 0 Å². The molecule has 3 N–H and O–H groups in total. The van der Waals surface area contributed by atoms with Crippen molar-refractivity contribution in [2.75, 3.05) is 26.2 Å². The number of hydrogen-bond acceptors (Lipinski definition) is 2. The zero-order valence-electron chi connectivity index (χ0n) is 11.5. The van der Waals surface area contributed by atoms with Crippen molar-refractivity contribution in [3.8, 4) is 0 Å². The van der Waals surface area contributed by atoms with E-state index in [-0.39, 0.29) is 0 Å². The zero-order chi connectivity index (χ0) is 13.8. The Hall–Kier alpha value is -1.55. The average Bonchev–Trinajstić information content (AvgIpc) is 2.29. The molecule has 0 radical (unpaired) electrons. The highest BCUT2D eigenvalue weighted by Crippen LogP contribution is 2.00. The summed E-state index contributed by atoms with van der Waals surface area (Å²) in [6, 6.07) is -0.474. The van der Waals surface area contributed by atoms with Crippen LogP contribution in [-0.2, 0) is 0 Å². The van der Waals surface area contributed by atoms with E-state index in [0.717, 1.165) is 31.6 Å². The molecule has 0 heterocycles. The summed E-state index contributed by atoms with van der Waals surface area (Å²) in [5.74, 6) is 0. The summed E-state index contributed by atoms with van der Waals surface area (Å²) in [7, 11) is 0. The molecule has 0 aliphatic heterocycles. The number of carbonyl (C=O) groups is 1. The Morgan fingerprint density at radius 3 is 2.67 bits per heavy atom. The van der Waals surface area contributed by atoms with Crippen molar-refractivity contribution in [1.29, 1.82) is 0 Å². The molecule has 2 amide bonds. The number of primary amides is 1. The van der Waals surface area contributed by atoms with Crippen LogP contribution in [0.25, 0.3) is 0 Å². The van der Waals surface area contributed by atoms with Crippen LogP contribution >= 0.6 is 0 Å². The van der Waals surface area contributed by atoms with Crippen molar-refractivity contribution in [2.24, 2.45) is 5.73 Å². The monoisotopic (exact) mass is 251 g/mol. The Bertz CT molecular complexity index is 308. The van der Waals surface area contributed by atoms with Crippen molar-refractivity contribution in [1.82, 2.24) is 10.2 Å². The highest BCUT2D eigenvalue weighted by Gasteiger charge is 2.04. The summed E-state index contributed by atoms with van der Waals surface area (Å²) < 4.78 is 0. The van der Waals surface area contributed by atoms with Crippen molar-refractivity contribution in [3.05, 3.63) is 36.5 Å². The lowest BCUT2D eigenvalue weighted by Crippen LogP contribution is -2.38. The van der Waals surface area contributed by atoms with Gasteiger partial charge in [-0.25, -0.2) is 4.79 Å². The number of nitrogens with two attached hydrogens (primary N) is 1. The molecule has 0 spiro atoms. The quantitative estimate of drug-likeness (QED) is 0.616. The van der Waals surface area contributed by atoms with Crippen molar-refractivity contribution < 1.29 is 4.79 Å². The molecule has 0 aromatic rings. The molecule has 0 aromatic carbocycles. The van der Waals surface area contributed by atoms with E-state index >= 15 is 0 Å². The van der Waals surface area contributed by atoms with E-state index in [9.17, 15) is 4.79 Å². The van der Waals surface area contributed by atoms with Gasteiger partial charge in [-0.05, 0) is 25.5 Å². The first kappa shape index (κ1) is 16.4. The molecule has 4 nitrogen and oxygen atoms in total. The number of allylic oxidation sites excluding steroid dienone is 3. The summed E-state index contributed by atoms with van der Waals surface area (Å²) in [5.41, 5.74) is 6.09. The Balaban J connectivity index is 4.08. The first-order valence-corrected chi connectivity index (χ1v) is 6.33. The van der Waals surface area contributed by atoms with Crippen LogP contribution in [-0.4, -0.2) is 37.1 Å². The summed E-state index contributed by atoms with van der Waals surface area (Å²) in [6.45, 7) is 11.3. The summed E-state index contributed by atoms with van der Waals surface area (Å²) in [6.07, 6.45) is 9.01. The number of hydrogen-bond donors (Lipinski definition) is 2. The molecule has 0 fully saturated rings. The third-order valence-corrected chi connectivity index (χ3v) is 2.33. The van der Waals surface area contributed by atoms with E-state index in [2.05, 4.69) is 23.7 Å². The maximum Gasteiger partial charge on any atom is 0.312 e. The number of urea groups is 1. The molecule has 0 bridgehead atoms. The van der Waals surface area contributed by atoms with E-state index in [1.54, 1.807) is 0 Å². The number of rotatable bonds is 9. The third-order valence-electron chi connectivity index (χ3n) is 2.33. The Morgan fingerprint density at radius 2 is 2.11 bits per heavy atom. The maximum absolute atomic E-state index is 10.6. The van der Waals surface area contributed by atoms with E-state index < -0.39 is 6.03 Å². The highest BCUT2D eigenvalue weighted by atomic mass is 16.2. The van der Waals surface area contributed by atoms with Crippen LogP contribution in [0.5, 0.6) is 0 Å². The van der Waals surface area contributed by atoms with Gasteiger partial charge in [0.1, 0.15) is 0 Å². The van der Waals surface area contributed by atoms with Gasteiger partial charge in [-0.15, -0.1) is 0 Å². The molecular formula is C14H25N3O. The summed E-state index contributed by atoms with van der Waals surface area (Å²) >= 11 is 0. The molecule has 0 saturated carbocycles. The minimum atomic E-state index is -0.474. The lowest BCUT2D eigenvalue weighted by Gasteiger charge is -2.21.